The highest BCUT2D eigenvalue weighted by molar-refractivity contribution is 5.74. The molecule has 2 atom stereocenters. The summed E-state index contributed by atoms with van der Waals surface area (Å²) in [6.07, 6.45) is -0.0774. The van der Waals surface area contributed by atoms with Crippen LogP contribution in [0.25, 0.3) is 11.0 Å². The summed E-state index contributed by atoms with van der Waals surface area (Å²) in [5, 5.41) is 16.2. The van der Waals surface area contributed by atoms with Gasteiger partial charge in [-0.3, -0.25) is 4.90 Å². The third-order valence-corrected chi connectivity index (χ3v) is 4.23. The van der Waals surface area contributed by atoms with E-state index in [1.54, 1.807) is 11.6 Å². The van der Waals surface area contributed by atoms with Gasteiger partial charge in [-0.05, 0) is 24.6 Å². The second kappa shape index (κ2) is 5.95. The largest absolute Gasteiger partial charge is 0.423 e. The highest BCUT2D eigenvalue weighted by Gasteiger charge is 2.30. The Labute approximate surface area is 139 Å². The van der Waals surface area contributed by atoms with Crippen molar-refractivity contribution in [3.8, 4) is 0 Å². The molecule has 8 heteroatoms. The highest BCUT2D eigenvalue weighted by Crippen LogP contribution is 2.25. The van der Waals surface area contributed by atoms with Crippen molar-refractivity contribution in [3.05, 3.63) is 35.5 Å². The van der Waals surface area contributed by atoms with Gasteiger partial charge in [0, 0.05) is 33.6 Å². The number of aromatic nitrogens is 5. The molecule has 0 amide bonds. The second-order valence-corrected chi connectivity index (χ2v) is 6.32. The van der Waals surface area contributed by atoms with Crippen LogP contribution in [-0.2, 0) is 18.3 Å². The molecule has 1 aromatic carbocycles. The van der Waals surface area contributed by atoms with E-state index < -0.39 is 0 Å². The van der Waals surface area contributed by atoms with Crippen molar-refractivity contribution in [1.29, 1.82) is 0 Å². The molecule has 0 bridgehead atoms. The topological polar surface area (TPSA) is 82.1 Å². The van der Waals surface area contributed by atoms with Gasteiger partial charge in [0.2, 0.25) is 11.8 Å². The average molecular weight is 328 g/mol. The summed E-state index contributed by atoms with van der Waals surface area (Å²) in [4.78, 5) is 2.34. The summed E-state index contributed by atoms with van der Waals surface area (Å²) in [6, 6.07) is 6.28. The first-order valence-electron chi connectivity index (χ1n) is 8.04. The maximum atomic E-state index is 5.96. The number of nitrogens with zero attached hydrogens (tertiary/aromatic N) is 6. The molecule has 0 saturated carbocycles. The number of fused-ring (bicyclic) bond motifs is 1. The minimum Gasteiger partial charge on any atom is -0.423 e. The van der Waals surface area contributed by atoms with Crippen LogP contribution in [0, 0.1) is 6.92 Å². The third-order valence-electron chi connectivity index (χ3n) is 4.23. The predicted octanol–water partition coefficient (Wildman–Crippen LogP) is 1.62. The molecule has 4 rings (SSSR count). The third kappa shape index (κ3) is 2.90. The van der Waals surface area contributed by atoms with Gasteiger partial charge >= 0.3 is 0 Å². The summed E-state index contributed by atoms with van der Waals surface area (Å²) in [6.45, 7) is 6.27. The SMILES string of the molecule is Cc1nnc([C@H]2CN(Cc3ccc4c(c3)nnn4C)C[C@@H](C)O2)o1. The Hall–Kier alpha value is -2.32. The number of hydrogen-bond acceptors (Lipinski definition) is 7. The summed E-state index contributed by atoms with van der Waals surface area (Å²) < 4.78 is 13.3. The molecule has 0 unspecified atom stereocenters. The molecule has 1 saturated heterocycles. The molecule has 0 radical (unpaired) electrons. The second-order valence-electron chi connectivity index (χ2n) is 6.32. The Morgan fingerprint density at radius 2 is 2.08 bits per heavy atom. The van der Waals surface area contributed by atoms with Crippen molar-refractivity contribution in [3.63, 3.8) is 0 Å². The van der Waals surface area contributed by atoms with E-state index in [-0.39, 0.29) is 12.2 Å². The lowest BCUT2D eigenvalue weighted by atomic mass is 10.1. The fraction of sp³-hybridized carbons (Fsp3) is 0.500. The zero-order chi connectivity index (χ0) is 16.7. The predicted molar refractivity (Wildman–Crippen MR) is 86.1 cm³/mol. The first kappa shape index (κ1) is 15.2. The first-order chi connectivity index (χ1) is 11.6. The summed E-state index contributed by atoms with van der Waals surface area (Å²) >= 11 is 0. The van der Waals surface area contributed by atoms with E-state index >= 15 is 0 Å². The van der Waals surface area contributed by atoms with Crippen LogP contribution >= 0.6 is 0 Å². The molecule has 1 aliphatic rings. The molecule has 1 fully saturated rings. The minimum absolute atomic E-state index is 0.108. The number of morpholine rings is 1. The molecule has 24 heavy (non-hydrogen) atoms. The zero-order valence-corrected chi connectivity index (χ0v) is 14.0. The number of aryl methyl sites for hydroxylation is 2. The van der Waals surface area contributed by atoms with Crippen LogP contribution in [-0.4, -0.2) is 49.3 Å². The summed E-state index contributed by atoms with van der Waals surface area (Å²) in [7, 11) is 1.90. The van der Waals surface area contributed by atoms with Crippen molar-refractivity contribution in [2.24, 2.45) is 7.05 Å². The van der Waals surface area contributed by atoms with Crippen LogP contribution in [0.4, 0.5) is 0 Å². The lowest BCUT2D eigenvalue weighted by Crippen LogP contribution is -2.42. The van der Waals surface area contributed by atoms with Crippen molar-refractivity contribution in [2.45, 2.75) is 32.6 Å². The maximum Gasteiger partial charge on any atom is 0.246 e. The van der Waals surface area contributed by atoms with Gasteiger partial charge < -0.3 is 9.15 Å². The van der Waals surface area contributed by atoms with Gasteiger partial charge in [-0.25, -0.2) is 4.68 Å². The molecule has 0 spiro atoms. The monoisotopic (exact) mass is 328 g/mol. The molecule has 0 aliphatic carbocycles. The van der Waals surface area contributed by atoms with Gasteiger partial charge in [0.25, 0.3) is 0 Å². The molecule has 3 heterocycles. The van der Waals surface area contributed by atoms with Crippen LogP contribution in [0.3, 0.4) is 0 Å². The van der Waals surface area contributed by atoms with Crippen LogP contribution < -0.4 is 0 Å². The maximum absolute atomic E-state index is 5.96. The fourth-order valence-electron chi connectivity index (χ4n) is 3.19. The quantitative estimate of drug-likeness (QED) is 0.722. The Bertz CT molecular complexity index is 857. The van der Waals surface area contributed by atoms with Gasteiger partial charge in [-0.15, -0.1) is 15.3 Å². The van der Waals surface area contributed by atoms with Crippen molar-refractivity contribution < 1.29 is 9.15 Å². The lowest BCUT2D eigenvalue weighted by Gasteiger charge is -2.35. The molecule has 3 aromatic rings. The Balaban J connectivity index is 1.51. The van der Waals surface area contributed by atoms with E-state index in [1.807, 2.05) is 7.05 Å². The van der Waals surface area contributed by atoms with Crippen LogP contribution in [0.15, 0.2) is 22.6 Å². The van der Waals surface area contributed by atoms with E-state index in [1.165, 1.54) is 5.56 Å². The van der Waals surface area contributed by atoms with Gasteiger partial charge in [-0.1, -0.05) is 11.3 Å². The standard InChI is InChI=1S/C16H20N6O2/c1-10-7-22(9-15(23-10)16-19-17-11(2)24-16)8-12-4-5-14-13(6-12)18-20-21(14)3/h4-6,10,15H,7-9H2,1-3H3/t10-,15-/m1/s1. The van der Waals surface area contributed by atoms with Crippen LogP contribution in [0.2, 0.25) is 0 Å². The molecular formula is C16H20N6O2. The number of ether oxygens (including phenoxy) is 1. The number of benzene rings is 1. The molecular weight excluding hydrogens is 308 g/mol. The average Bonchev–Trinajstić information content (AvgIpc) is 3.13. The Morgan fingerprint density at radius 1 is 1.21 bits per heavy atom. The van der Waals surface area contributed by atoms with Crippen molar-refractivity contribution in [2.75, 3.05) is 13.1 Å². The van der Waals surface area contributed by atoms with E-state index in [2.05, 4.69) is 50.5 Å². The van der Waals surface area contributed by atoms with Gasteiger partial charge in [0.15, 0.2) is 0 Å². The van der Waals surface area contributed by atoms with Gasteiger partial charge in [0.1, 0.15) is 11.6 Å². The van der Waals surface area contributed by atoms with E-state index in [0.717, 1.165) is 30.7 Å². The van der Waals surface area contributed by atoms with Crippen molar-refractivity contribution >= 4 is 11.0 Å². The summed E-state index contributed by atoms with van der Waals surface area (Å²) in [5.41, 5.74) is 3.16. The normalized spacial score (nSPS) is 22.3. The van der Waals surface area contributed by atoms with Crippen LogP contribution in [0.1, 0.15) is 30.4 Å². The van der Waals surface area contributed by atoms with Crippen LogP contribution in [0.5, 0.6) is 0 Å². The lowest BCUT2D eigenvalue weighted by molar-refractivity contribution is -0.0917. The number of hydrogen-bond donors (Lipinski definition) is 0. The van der Waals surface area contributed by atoms with E-state index in [0.29, 0.717) is 11.8 Å². The highest BCUT2D eigenvalue weighted by atomic mass is 16.5. The van der Waals surface area contributed by atoms with Gasteiger partial charge in [-0.2, -0.15) is 0 Å². The molecule has 0 N–H and O–H groups in total. The summed E-state index contributed by atoms with van der Waals surface area (Å²) in [5.74, 6) is 1.11. The smallest absolute Gasteiger partial charge is 0.246 e. The van der Waals surface area contributed by atoms with Crippen molar-refractivity contribution in [1.82, 2.24) is 30.1 Å². The Kier molecular flexibility index (Phi) is 3.78. The molecule has 126 valence electrons. The van der Waals surface area contributed by atoms with Gasteiger partial charge in [0.05, 0.1) is 11.6 Å². The fourth-order valence-corrected chi connectivity index (χ4v) is 3.19. The van der Waals surface area contributed by atoms with E-state index in [4.69, 9.17) is 9.15 Å². The zero-order valence-electron chi connectivity index (χ0n) is 14.0. The van der Waals surface area contributed by atoms with E-state index in [9.17, 15) is 0 Å². The molecule has 2 aromatic heterocycles. The molecule has 1 aliphatic heterocycles. The minimum atomic E-state index is -0.185. The first-order valence-corrected chi connectivity index (χ1v) is 8.04. The Morgan fingerprint density at radius 3 is 2.88 bits per heavy atom. The molecule has 8 nitrogen and oxygen atoms in total. The number of rotatable bonds is 3.